The lowest BCUT2D eigenvalue weighted by molar-refractivity contribution is -0.155. The molecule has 0 saturated carbocycles. The van der Waals surface area contributed by atoms with Gasteiger partial charge in [0, 0.05) is 20.1 Å². The molecule has 1 atom stereocenters. The van der Waals surface area contributed by atoms with Crippen molar-refractivity contribution in [2.75, 3.05) is 26.7 Å². The number of amides is 2. The van der Waals surface area contributed by atoms with E-state index in [2.05, 4.69) is 0 Å². The first-order valence-corrected chi connectivity index (χ1v) is 6.69. The molecule has 1 aliphatic rings. The summed E-state index contributed by atoms with van der Waals surface area (Å²) in [4.78, 5) is 26.3. The van der Waals surface area contributed by atoms with Crippen molar-refractivity contribution in [3.8, 4) is 0 Å². The van der Waals surface area contributed by atoms with Crippen LogP contribution < -0.4 is 0 Å². The van der Waals surface area contributed by atoms with Gasteiger partial charge in [-0.1, -0.05) is 18.2 Å². The van der Waals surface area contributed by atoms with Crippen LogP contribution in [0.2, 0.25) is 0 Å². The number of hydrogen-bond donors (Lipinski definition) is 1. The van der Waals surface area contributed by atoms with Crippen molar-refractivity contribution in [1.82, 2.24) is 9.80 Å². The zero-order valence-corrected chi connectivity index (χ0v) is 12.1. The Bertz CT molecular complexity index is 542. The van der Waals surface area contributed by atoms with Gasteiger partial charge in [0.25, 0.3) is 0 Å². The molecule has 1 fully saturated rings. The van der Waals surface area contributed by atoms with Crippen molar-refractivity contribution in [3.63, 3.8) is 0 Å². The van der Waals surface area contributed by atoms with Gasteiger partial charge in [-0.15, -0.1) is 0 Å². The lowest BCUT2D eigenvalue weighted by Gasteiger charge is -2.32. The largest absolute Gasteiger partial charge is 0.387 e. The second kappa shape index (κ2) is 5.63. The molecular formula is C15H20N2O3. The Morgan fingerprint density at radius 1 is 1.15 bits per heavy atom. The summed E-state index contributed by atoms with van der Waals surface area (Å²) in [6, 6.07) is 5.72. The molecule has 20 heavy (non-hydrogen) atoms. The van der Waals surface area contributed by atoms with Gasteiger partial charge in [-0.05, 0) is 30.5 Å². The van der Waals surface area contributed by atoms with E-state index in [9.17, 15) is 14.7 Å². The number of aryl methyl sites for hydroxylation is 2. The van der Waals surface area contributed by atoms with Crippen LogP contribution in [-0.2, 0) is 9.59 Å². The highest BCUT2D eigenvalue weighted by molar-refractivity contribution is 6.35. The van der Waals surface area contributed by atoms with Crippen LogP contribution in [0.3, 0.4) is 0 Å². The molecule has 1 aromatic carbocycles. The van der Waals surface area contributed by atoms with Crippen molar-refractivity contribution in [3.05, 3.63) is 34.9 Å². The van der Waals surface area contributed by atoms with Gasteiger partial charge in [-0.25, -0.2) is 0 Å². The summed E-state index contributed by atoms with van der Waals surface area (Å²) >= 11 is 0. The predicted molar refractivity (Wildman–Crippen MR) is 75.1 cm³/mol. The number of aliphatic hydroxyl groups is 1. The summed E-state index contributed by atoms with van der Waals surface area (Å²) in [5.74, 6) is -1.05. The molecule has 0 aliphatic carbocycles. The number of rotatable bonds is 3. The van der Waals surface area contributed by atoms with Gasteiger partial charge in [0.15, 0.2) is 0 Å². The molecular weight excluding hydrogens is 256 g/mol. The minimum absolute atomic E-state index is 0.154. The molecule has 2 rings (SSSR count). The highest BCUT2D eigenvalue weighted by atomic mass is 16.3. The van der Waals surface area contributed by atoms with Crippen LogP contribution in [-0.4, -0.2) is 53.4 Å². The van der Waals surface area contributed by atoms with Gasteiger partial charge in [0.05, 0.1) is 12.6 Å². The Kier molecular flexibility index (Phi) is 4.09. The van der Waals surface area contributed by atoms with Crippen molar-refractivity contribution >= 4 is 11.8 Å². The van der Waals surface area contributed by atoms with Crippen LogP contribution >= 0.6 is 0 Å². The number of hydrogen-bond acceptors (Lipinski definition) is 3. The minimum Gasteiger partial charge on any atom is -0.387 e. The van der Waals surface area contributed by atoms with Crippen LogP contribution in [0.5, 0.6) is 0 Å². The standard InChI is InChI=1S/C15H20N2O3/c1-10-4-5-12(8-11(10)2)13(18)9-17-7-6-16(3)14(19)15(17)20/h4-5,8,13,18H,6-7,9H2,1-3H3. The van der Waals surface area contributed by atoms with Crippen molar-refractivity contribution in [1.29, 1.82) is 0 Å². The number of carbonyl (C=O) groups excluding carboxylic acids is 2. The molecule has 1 heterocycles. The van der Waals surface area contributed by atoms with Gasteiger partial charge in [-0.2, -0.15) is 0 Å². The average Bonchev–Trinajstić information content (AvgIpc) is 2.42. The van der Waals surface area contributed by atoms with E-state index in [1.54, 1.807) is 7.05 Å². The van der Waals surface area contributed by atoms with Gasteiger partial charge in [0.2, 0.25) is 0 Å². The Morgan fingerprint density at radius 3 is 2.50 bits per heavy atom. The monoisotopic (exact) mass is 276 g/mol. The third kappa shape index (κ3) is 2.82. The fraction of sp³-hybridized carbons (Fsp3) is 0.467. The summed E-state index contributed by atoms with van der Waals surface area (Å²) in [5.41, 5.74) is 3.03. The first-order chi connectivity index (χ1) is 9.40. The van der Waals surface area contributed by atoms with Crippen LogP contribution in [0.15, 0.2) is 18.2 Å². The molecule has 2 amide bonds. The smallest absolute Gasteiger partial charge is 0.312 e. The fourth-order valence-corrected chi connectivity index (χ4v) is 2.23. The summed E-state index contributed by atoms with van der Waals surface area (Å²) in [7, 11) is 1.61. The minimum atomic E-state index is -0.769. The lowest BCUT2D eigenvalue weighted by Crippen LogP contribution is -2.53. The van der Waals surface area contributed by atoms with E-state index < -0.39 is 17.9 Å². The van der Waals surface area contributed by atoms with Gasteiger partial charge >= 0.3 is 11.8 Å². The molecule has 0 radical (unpaired) electrons. The first kappa shape index (κ1) is 14.5. The van der Waals surface area contributed by atoms with Gasteiger partial charge in [-0.3, -0.25) is 9.59 Å². The highest BCUT2D eigenvalue weighted by Gasteiger charge is 2.31. The zero-order valence-electron chi connectivity index (χ0n) is 12.1. The maximum Gasteiger partial charge on any atom is 0.312 e. The average molecular weight is 276 g/mol. The van der Waals surface area contributed by atoms with E-state index in [-0.39, 0.29) is 6.54 Å². The maximum absolute atomic E-state index is 11.8. The van der Waals surface area contributed by atoms with E-state index in [1.807, 2.05) is 32.0 Å². The van der Waals surface area contributed by atoms with Gasteiger partial charge < -0.3 is 14.9 Å². The molecule has 1 N–H and O–H groups in total. The SMILES string of the molecule is Cc1ccc(C(O)CN2CCN(C)C(=O)C2=O)cc1C. The van der Waals surface area contributed by atoms with Crippen molar-refractivity contribution in [2.45, 2.75) is 20.0 Å². The van der Waals surface area contributed by atoms with E-state index in [1.165, 1.54) is 9.80 Å². The Balaban J connectivity index is 2.07. The number of likely N-dealkylation sites (N-methyl/N-ethyl adjacent to an activating group) is 1. The maximum atomic E-state index is 11.8. The molecule has 1 aromatic rings. The third-order valence-electron chi connectivity index (χ3n) is 3.83. The van der Waals surface area contributed by atoms with Crippen LogP contribution in [0, 0.1) is 13.8 Å². The molecule has 0 bridgehead atoms. The van der Waals surface area contributed by atoms with Crippen LogP contribution in [0.1, 0.15) is 22.8 Å². The van der Waals surface area contributed by atoms with E-state index >= 15 is 0 Å². The molecule has 1 aliphatic heterocycles. The lowest BCUT2D eigenvalue weighted by atomic mass is 10.0. The molecule has 108 valence electrons. The molecule has 5 heteroatoms. The number of benzene rings is 1. The zero-order chi connectivity index (χ0) is 14.9. The molecule has 5 nitrogen and oxygen atoms in total. The van der Waals surface area contributed by atoms with E-state index in [0.29, 0.717) is 13.1 Å². The summed E-state index contributed by atoms with van der Waals surface area (Å²) in [6.07, 6.45) is -0.769. The van der Waals surface area contributed by atoms with E-state index in [0.717, 1.165) is 16.7 Å². The van der Waals surface area contributed by atoms with Crippen LogP contribution in [0.4, 0.5) is 0 Å². The number of nitrogens with zero attached hydrogens (tertiary/aromatic N) is 2. The second-order valence-corrected chi connectivity index (χ2v) is 5.34. The number of aliphatic hydroxyl groups excluding tert-OH is 1. The Morgan fingerprint density at radius 2 is 1.85 bits per heavy atom. The fourth-order valence-electron chi connectivity index (χ4n) is 2.23. The Hall–Kier alpha value is -1.88. The number of piperazine rings is 1. The second-order valence-electron chi connectivity index (χ2n) is 5.34. The molecule has 0 spiro atoms. The highest BCUT2D eigenvalue weighted by Crippen LogP contribution is 2.19. The first-order valence-electron chi connectivity index (χ1n) is 6.69. The Labute approximate surface area is 118 Å². The van der Waals surface area contributed by atoms with Crippen molar-refractivity contribution < 1.29 is 14.7 Å². The quantitative estimate of drug-likeness (QED) is 0.824. The third-order valence-corrected chi connectivity index (χ3v) is 3.83. The number of carbonyl (C=O) groups is 2. The van der Waals surface area contributed by atoms with Crippen LogP contribution in [0.25, 0.3) is 0 Å². The van der Waals surface area contributed by atoms with E-state index in [4.69, 9.17) is 0 Å². The molecule has 1 saturated heterocycles. The molecule has 0 aromatic heterocycles. The summed E-state index contributed by atoms with van der Waals surface area (Å²) < 4.78 is 0. The summed E-state index contributed by atoms with van der Waals surface area (Å²) in [5, 5.41) is 10.2. The van der Waals surface area contributed by atoms with Crippen molar-refractivity contribution in [2.24, 2.45) is 0 Å². The normalized spacial score (nSPS) is 17.6. The molecule has 1 unspecified atom stereocenters. The summed E-state index contributed by atoms with van der Waals surface area (Å²) in [6.45, 7) is 5.11. The van der Waals surface area contributed by atoms with Gasteiger partial charge in [0.1, 0.15) is 0 Å². The number of β-amino-alcohol motifs (C(OH)–C–C–N with tert-alkyl or cyclic N) is 1. The topological polar surface area (TPSA) is 60.9 Å². The predicted octanol–water partition coefficient (Wildman–Crippen LogP) is 0.637.